The number of primary amides is 1. The van der Waals surface area contributed by atoms with Crippen molar-refractivity contribution in [1.82, 2.24) is 5.32 Å². The summed E-state index contributed by atoms with van der Waals surface area (Å²) >= 11 is 1.78. The van der Waals surface area contributed by atoms with Gasteiger partial charge in [-0.15, -0.1) is 11.3 Å². The number of anilines is 1. The number of rotatable bonds is 5. The van der Waals surface area contributed by atoms with Crippen LogP contribution in [0.5, 0.6) is 0 Å². The Balaban J connectivity index is 1.97. The highest BCUT2D eigenvalue weighted by Gasteiger charge is 2.31. The molecule has 3 heterocycles. The first-order valence-electron chi connectivity index (χ1n) is 8.61. The summed E-state index contributed by atoms with van der Waals surface area (Å²) in [6.45, 7) is 8.82. The molecule has 5 nitrogen and oxygen atoms in total. The van der Waals surface area contributed by atoms with E-state index in [1.54, 1.807) is 11.3 Å². The van der Waals surface area contributed by atoms with Gasteiger partial charge in [-0.25, -0.2) is 0 Å². The first-order valence-corrected chi connectivity index (χ1v) is 9.43. The molecule has 3 N–H and O–H groups in total. The molecule has 1 amide bonds. The minimum atomic E-state index is -0.282. The number of hydrogen-bond donors (Lipinski definition) is 2. The molecule has 1 unspecified atom stereocenters. The molecule has 1 atom stereocenters. The van der Waals surface area contributed by atoms with Crippen molar-refractivity contribution in [2.45, 2.75) is 45.1 Å². The number of hydrogen-bond acceptors (Lipinski definition) is 5. The van der Waals surface area contributed by atoms with Gasteiger partial charge in [-0.2, -0.15) is 0 Å². The van der Waals surface area contributed by atoms with Crippen molar-refractivity contribution in [1.29, 1.82) is 0 Å². The van der Waals surface area contributed by atoms with E-state index >= 15 is 0 Å². The molecular weight excluding hydrogens is 310 g/mol. The zero-order chi connectivity index (χ0) is 16.4. The molecule has 0 saturated carbocycles. The number of amides is 1. The van der Waals surface area contributed by atoms with Crippen LogP contribution in [0.4, 0.5) is 5.00 Å². The third-order valence-electron chi connectivity index (χ3n) is 5.06. The Hall–Kier alpha value is -1.11. The first kappa shape index (κ1) is 16.7. The number of nitrogens with two attached hydrogens (primary N) is 1. The second-order valence-corrected chi connectivity index (χ2v) is 7.49. The summed E-state index contributed by atoms with van der Waals surface area (Å²) in [4.78, 5) is 15.7. The Morgan fingerprint density at radius 1 is 1.39 bits per heavy atom. The highest BCUT2D eigenvalue weighted by molar-refractivity contribution is 7.16. The molecule has 0 radical (unpaired) electrons. The normalized spacial score (nSPS) is 22.4. The number of ether oxygens (including phenoxy) is 1. The van der Waals surface area contributed by atoms with Gasteiger partial charge < -0.3 is 20.7 Å². The Morgan fingerprint density at radius 3 is 2.70 bits per heavy atom. The Bertz CT molecular complexity index is 560. The molecule has 0 bridgehead atoms. The van der Waals surface area contributed by atoms with Gasteiger partial charge in [0.25, 0.3) is 0 Å². The number of nitrogens with zero attached hydrogens (tertiary/aromatic N) is 1. The average molecular weight is 337 g/mol. The monoisotopic (exact) mass is 337 g/mol. The Kier molecular flexibility index (Phi) is 5.24. The predicted octanol–water partition coefficient (Wildman–Crippen LogP) is 2.24. The van der Waals surface area contributed by atoms with Crippen LogP contribution < -0.4 is 16.0 Å². The van der Waals surface area contributed by atoms with Crippen molar-refractivity contribution in [3.63, 3.8) is 0 Å². The molecule has 0 aliphatic carbocycles. The predicted molar refractivity (Wildman–Crippen MR) is 94.7 cm³/mol. The van der Waals surface area contributed by atoms with Crippen molar-refractivity contribution in [2.75, 3.05) is 37.7 Å². The number of nitrogens with one attached hydrogen (secondary N) is 1. The molecule has 2 aliphatic rings. The third kappa shape index (κ3) is 3.25. The van der Waals surface area contributed by atoms with E-state index in [9.17, 15) is 4.79 Å². The van der Waals surface area contributed by atoms with E-state index in [0.29, 0.717) is 12.0 Å². The summed E-state index contributed by atoms with van der Waals surface area (Å²) in [5.41, 5.74) is 7.56. The zero-order valence-electron chi connectivity index (χ0n) is 14.1. The van der Waals surface area contributed by atoms with E-state index in [1.165, 1.54) is 9.88 Å². The van der Waals surface area contributed by atoms with Gasteiger partial charge in [0.05, 0.1) is 10.6 Å². The van der Waals surface area contributed by atoms with E-state index in [4.69, 9.17) is 10.5 Å². The van der Waals surface area contributed by atoms with Crippen molar-refractivity contribution < 1.29 is 9.53 Å². The molecule has 128 valence electrons. The molecule has 2 saturated heterocycles. The lowest BCUT2D eigenvalue weighted by Crippen LogP contribution is -2.39. The Morgan fingerprint density at radius 2 is 2.13 bits per heavy atom. The van der Waals surface area contributed by atoms with E-state index in [1.807, 2.05) is 0 Å². The van der Waals surface area contributed by atoms with Crippen molar-refractivity contribution in [3.8, 4) is 0 Å². The van der Waals surface area contributed by atoms with Crippen molar-refractivity contribution in [2.24, 2.45) is 5.73 Å². The number of carbonyl (C=O) groups is 1. The zero-order valence-corrected chi connectivity index (χ0v) is 14.9. The van der Waals surface area contributed by atoms with Crippen LogP contribution in [0.3, 0.4) is 0 Å². The standard InChI is InChI=1S/C17H27N3O2S/c1-3-20(13-5-8-22-9-6-13)17-11(2)14(16(18)21)15(23-17)12-4-7-19-10-12/h12-13,19H,3-10H2,1-2H3,(H2,18,21). The SMILES string of the molecule is CCN(c1sc(C2CCNC2)c(C(N)=O)c1C)C1CCOCC1. The maximum Gasteiger partial charge on any atom is 0.250 e. The lowest BCUT2D eigenvalue weighted by molar-refractivity contribution is 0.0847. The average Bonchev–Trinajstić information content (AvgIpc) is 3.18. The third-order valence-corrected chi connectivity index (χ3v) is 6.55. The van der Waals surface area contributed by atoms with Gasteiger partial charge in [0.15, 0.2) is 0 Å². The van der Waals surface area contributed by atoms with Crippen LogP contribution in [0, 0.1) is 6.92 Å². The molecule has 1 aromatic rings. The van der Waals surface area contributed by atoms with Crippen LogP contribution >= 0.6 is 11.3 Å². The van der Waals surface area contributed by atoms with Crippen LogP contribution in [0.25, 0.3) is 0 Å². The van der Waals surface area contributed by atoms with Gasteiger partial charge in [-0.1, -0.05) is 0 Å². The maximum absolute atomic E-state index is 12.1. The quantitative estimate of drug-likeness (QED) is 0.865. The summed E-state index contributed by atoms with van der Waals surface area (Å²) in [6.07, 6.45) is 3.19. The smallest absolute Gasteiger partial charge is 0.250 e. The largest absolute Gasteiger partial charge is 0.381 e. The number of carbonyl (C=O) groups excluding carboxylic acids is 1. The summed E-state index contributed by atoms with van der Waals surface area (Å²) < 4.78 is 5.50. The van der Waals surface area contributed by atoms with Gasteiger partial charge in [0.1, 0.15) is 0 Å². The summed E-state index contributed by atoms with van der Waals surface area (Å²) in [6, 6.07) is 0.501. The van der Waals surface area contributed by atoms with Crippen molar-refractivity contribution >= 4 is 22.2 Å². The highest BCUT2D eigenvalue weighted by atomic mass is 32.1. The minimum absolute atomic E-state index is 0.282. The van der Waals surface area contributed by atoms with E-state index in [-0.39, 0.29) is 5.91 Å². The van der Waals surface area contributed by atoms with Gasteiger partial charge in [0, 0.05) is 43.1 Å². The van der Waals surface area contributed by atoms with Gasteiger partial charge in [-0.05, 0) is 45.2 Å². The molecule has 2 fully saturated rings. The van der Waals surface area contributed by atoms with Crippen LogP contribution in [-0.4, -0.2) is 44.8 Å². The maximum atomic E-state index is 12.1. The fraction of sp³-hybridized carbons (Fsp3) is 0.706. The summed E-state index contributed by atoms with van der Waals surface area (Å²) in [7, 11) is 0. The van der Waals surface area contributed by atoms with E-state index in [0.717, 1.165) is 63.2 Å². The molecule has 23 heavy (non-hydrogen) atoms. The van der Waals surface area contributed by atoms with E-state index in [2.05, 4.69) is 24.1 Å². The summed E-state index contributed by atoms with van der Waals surface area (Å²) in [5, 5.41) is 4.63. The molecule has 1 aromatic heterocycles. The molecule has 2 aliphatic heterocycles. The summed E-state index contributed by atoms with van der Waals surface area (Å²) in [5.74, 6) is 0.137. The van der Waals surface area contributed by atoms with Crippen LogP contribution in [-0.2, 0) is 4.74 Å². The van der Waals surface area contributed by atoms with Gasteiger partial charge in [0.2, 0.25) is 5.91 Å². The fourth-order valence-electron chi connectivity index (χ4n) is 3.83. The molecule has 6 heteroatoms. The molecule has 0 spiro atoms. The highest BCUT2D eigenvalue weighted by Crippen LogP contribution is 2.42. The van der Waals surface area contributed by atoms with E-state index < -0.39 is 0 Å². The lowest BCUT2D eigenvalue weighted by atomic mass is 9.99. The second kappa shape index (κ2) is 7.20. The van der Waals surface area contributed by atoms with Gasteiger partial charge in [-0.3, -0.25) is 4.79 Å². The van der Waals surface area contributed by atoms with Gasteiger partial charge >= 0.3 is 0 Å². The molecule has 0 aromatic carbocycles. The second-order valence-electron chi connectivity index (χ2n) is 6.46. The topological polar surface area (TPSA) is 67.6 Å². The van der Waals surface area contributed by atoms with Crippen LogP contribution in [0.2, 0.25) is 0 Å². The lowest BCUT2D eigenvalue weighted by Gasteiger charge is -2.34. The first-order chi connectivity index (χ1) is 11.1. The molecule has 3 rings (SSSR count). The minimum Gasteiger partial charge on any atom is -0.381 e. The number of thiophene rings is 1. The molecular formula is C17H27N3O2S. The fourth-order valence-corrected chi connectivity index (χ4v) is 5.42. The van der Waals surface area contributed by atoms with Crippen LogP contribution in [0.15, 0.2) is 0 Å². The van der Waals surface area contributed by atoms with Crippen LogP contribution in [0.1, 0.15) is 52.9 Å². The van der Waals surface area contributed by atoms with Crippen molar-refractivity contribution in [3.05, 3.63) is 16.0 Å². The Labute approximate surface area is 142 Å².